The van der Waals surface area contributed by atoms with Crippen molar-refractivity contribution in [2.75, 3.05) is 13.1 Å². The van der Waals surface area contributed by atoms with Crippen molar-refractivity contribution in [2.45, 2.75) is 25.3 Å². The zero-order chi connectivity index (χ0) is 16.4. The minimum Gasteiger partial charge on any atom is -0.333 e. The second kappa shape index (κ2) is 9.95. The van der Waals surface area contributed by atoms with E-state index in [1.165, 1.54) is 11.3 Å². The van der Waals surface area contributed by atoms with E-state index in [4.69, 9.17) is 28.9 Å². The molecule has 1 aromatic carbocycles. The van der Waals surface area contributed by atoms with Crippen molar-refractivity contribution in [3.63, 3.8) is 0 Å². The number of halogens is 4. The average molecular weight is 443 g/mol. The normalized spacial score (nSPS) is 16.8. The van der Waals surface area contributed by atoms with Crippen LogP contribution in [-0.4, -0.2) is 34.9 Å². The van der Waals surface area contributed by atoms with Crippen LogP contribution >= 0.6 is 59.4 Å². The van der Waals surface area contributed by atoms with Gasteiger partial charge in [0, 0.05) is 35.1 Å². The number of aromatic nitrogens is 1. The van der Waals surface area contributed by atoms with E-state index in [1.807, 2.05) is 11.0 Å². The fourth-order valence-corrected chi connectivity index (χ4v) is 4.21. The molecule has 0 radical (unpaired) electrons. The maximum Gasteiger partial charge on any atom is 0.273 e. The number of hydrogen-bond acceptors (Lipinski definition) is 4. The molecule has 0 bridgehead atoms. The smallest absolute Gasteiger partial charge is 0.273 e. The van der Waals surface area contributed by atoms with Crippen LogP contribution < -0.4 is 5.73 Å². The van der Waals surface area contributed by atoms with Gasteiger partial charge in [0.15, 0.2) is 0 Å². The molecule has 2 N–H and O–H groups in total. The number of likely N-dealkylation sites (tertiary alicyclic amines) is 1. The molecule has 3 rings (SSSR count). The fraction of sp³-hybridized carbons (Fsp3) is 0.375. The highest BCUT2D eigenvalue weighted by Crippen LogP contribution is 2.33. The van der Waals surface area contributed by atoms with Crippen molar-refractivity contribution in [3.8, 4) is 10.6 Å². The molecule has 1 aliphatic rings. The summed E-state index contributed by atoms with van der Waals surface area (Å²) >= 11 is 13.5. The quantitative estimate of drug-likeness (QED) is 0.734. The molecule has 1 aromatic heterocycles. The zero-order valence-corrected chi connectivity index (χ0v) is 17.2. The lowest BCUT2D eigenvalue weighted by Gasteiger charge is -2.34. The van der Waals surface area contributed by atoms with Crippen molar-refractivity contribution in [3.05, 3.63) is 39.3 Å². The summed E-state index contributed by atoms with van der Waals surface area (Å²) in [5, 5.41) is 3.61. The molecule has 1 atom stereocenters. The molecule has 0 saturated carbocycles. The van der Waals surface area contributed by atoms with Gasteiger partial charge in [-0.25, -0.2) is 4.98 Å². The molecule has 2 aromatic rings. The first-order valence-electron chi connectivity index (χ1n) is 7.52. The number of nitrogens with zero attached hydrogens (tertiary/aromatic N) is 2. The third-order valence-electron chi connectivity index (χ3n) is 4.04. The lowest BCUT2D eigenvalue weighted by Crippen LogP contribution is -2.47. The first-order chi connectivity index (χ1) is 11.1. The summed E-state index contributed by atoms with van der Waals surface area (Å²) in [5.41, 5.74) is 7.04. The molecule has 1 fully saturated rings. The molecule has 1 saturated heterocycles. The van der Waals surface area contributed by atoms with Crippen LogP contribution in [0.15, 0.2) is 23.6 Å². The van der Waals surface area contributed by atoms with Crippen molar-refractivity contribution < 1.29 is 4.79 Å². The zero-order valence-electron chi connectivity index (χ0n) is 13.3. The van der Waals surface area contributed by atoms with Crippen LogP contribution in [0.2, 0.25) is 10.0 Å². The Morgan fingerprint density at radius 3 is 2.76 bits per heavy atom. The van der Waals surface area contributed by atoms with E-state index < -0.39 is 0 Å². The molecular weight excluding hydrogens is 424 g/mol. The minimum atomic E-state index is -0.0484. The van der Waals surface area contributed by atoms with Crippen molar-refractivity contribution in [1.29, 1.82) is 0 Å². The molecule has 1 unspecified atom stereocenters. The van der Waals surface area contributed by atoms with Gasteiger partial charge in [0.2, 0.25) is 0 Å². The first-order valence-corrected chi connectivity index (χ1v) is 9.15. The van der Waals surface area contributed by atoms with E-state index in [9.17, 15) is 4.79 Å². The predicted molar refractivity (Wildman–Crippen MR) is 110 cm³/mol. The monoisotopic (exact) mass is 441 g/mol. The van der Waals surface area contributed by atoms with Crippen LogP contribution in [0.1, 0.15) is 29.8 Å². The van der Waals surface area contributed by atoms with Crippen molar-refractivity contribution in [2.24, 2.45) is 5.73 Å². The largest absolute Gasteiger partial charge is 0.333 e. The third kappa shape index (κ3) is 5.00. The summed E-state index contributed by atoms with van der Waals surface area (Å²) in [4.78, 5) is 19.0. The summed E-state index contributed by atoms with van der Waals surface area (Å²) in [5.74, 6) is -0.0484. The van der Waals surface area contributed by atoms with E-state index in [-0.39, 0.29) is 36.8 Å². The molecule has 138 valence electrons. The van der Waals surface area contributed by atoms with Gasteiger partial charge in [0.25, 0.3) is 5.91 Å². The van der Waals surface area contributed by atoms with Crippen LogP contribution in [0, 0.1) is 0 Å². The van der Waals surface area contributed by atoms with Crippen LogP contribution in [0.25, 0.3) is 10.6 Å². The Morgan fingerprint density at radius 2 is 2.08 bits per heavy atom. The standard InChI is InChI=1S/C16H17Cl2N3OS.2ClH/c17-10-4-5-12(13(18)7-10)15-20-14(9-23-15)16(22)21-6-2-1-3-11(21)8-19;;/h4-5,7,9,11H,1-3,6,8,19H2;2*1H. The number of benzene rings is 1. The van der Waals surface area contributed by atoms with Gasteiger partial charge >= 0.3 is 0 Å². The molecule has 9 heteroatoms. The van der Waals surface area contributed by atoms with Gasteiger partial charge in [0.1, 0.15) is 10.7 Å². The van der Waals surface area contributed by atoms with Crippen LogP contribution in [0.5, 0.6) is 0 Å². The van der Waals surface area contributed by atoms with Gasteiger partial charge in [-0.05, 0) is 37.5 Å². The number of rotatable bonds is 3. The van der Waals surface area contributed by atoms with Crippen LogP contribution in [0.4, 0.5) is 0 Å². The van der Waals surface area contributed by atoms with Gasteiger partial charge in [0.05, 0.1) is 5.02 Å². The fourth-order valence-electron chi connectivity index (χ4n) is 2.82. The SMILES string of the molecule is Cl.Cl.NCC1CCCCN1C(=O)c1csc(-c2ccc(Cl)cc2Cl)n1. The van der Waals surface area contributed by atoms with Gasteiger partial charge in [-0.1, -0.05) is 23.2 Å². The maximum absolute atomic E-state index is 12.7. The second-order valence-corrected chi connectivity index (χ2v) is 7.25. The van der Waals surface area contributed by atoms with Crippen molar-refractivity contribution >= 4 is 65.3 Å². The number of hydrogen-bond donors (Lipinski definition) is 1. The number of amides is 1. The summed E-state index contributed by atoms with van der Waals surface area (Å²) in [6.45, 7) is 1.24. The highest BCUT2D eigenvalue weighted by Gasteiger charge is 2.28. The number of thiazole rings is 1. The lowest BCUT2D eigenvalue weighted by atomic mass is 10.0. The Morgan fingerprint density at radius 1 is 1.32 bits per heavy atom. The van der Waals surface area contributed by atoms with E-state index in [1.54, 1.807) is 17.5 Å². The molecule has 4 nitrogen and oxygen atoms in total. The second-order valence-electron chi connectivity index (χ2n) is 5.55. The molecule has 1 aliphatic heterocycles. The molecule has 25 heavy (non-hydrogen) atoms. The molecular formula is C16H19Cl4N3OS. The topological polar surface area (TPSA) is 59.2 Å². The van der Waals surface area contributed by atoms with Gasteiger partial charge in [-0.3, -0.25) is 4.79 Å². The summed E-state index contributed by atoms with van der Waals surface area (Å²) in [6.07, 6.45) is 3.10. The van der Waals surface area contributed by atoms with E-state index in [2.05, 4.69) is 4.98 Å². The number of carbonyl (C=O) groups is 1. The van der Waals surface area contributed by atoms with Gasteiger partial charge in [-0.2, -0.15) is 0 Å². The Hall–Kier alpha value is -0.560. The third-order valence-corrected chi connectivity index (χ3v) is 5.47. The average Bonchev–Trinajstić information content (AvgIpc) is 3.03. The minimum absolute atomic E-state index is 0. The Kier molecular flexibility index (Phi) is 8.95. The van der Waals surface area contributed by atoms with Crippen molar-refractivity contribution in [1.82, 2.24) is 9.88 Å². The predicted octanol–water partition coefficient (Wildman–Crippen LogP) is 4.91. The Balaban J connectivity index is 0.00000156. The first kappa shape index (κ1) is 22.5. The van der Waals surface area contributed by atoms with Gasteiger partial charge < -0.3 is 10.6 Å². The number of carbonyl (C=O) groups excluding carboxylic acids is 1. The number of nitrogens with two attached hydrogens (primary N) is 1. The molecule has 2 heterocycles. The molecule has 0 aliphatic carbocycles. The Labute approximate surface area is 173 Å². The van der Waals surface area contributed by atoms with Crippen LogP contribution in [-0.2, 0) is 0 Å². The maximum atomic E-state index is 12.7. The summed E-state index contributed by atoms with van der Waals surface area (Å²) in [6, 6.07) is 5.37. The summed E-state index contributed by atoms with van der Waals surface area (Å²) in [7, 11) is 0. The summed E-state index contributed by atoms with van der Waals surface area (Å²) < 4.78 is 0. The lowest BCUT2D eigenvalue weighted by molar-refractivity contribution is 0.0618. The Bertz CT molecular complexity index is 725. The highest BCUT2D eigenvalue weighted by molar-refractivity contribution is 7.13. The van der Waals surface area contributed by atoms with Gasteiger partial charge in [-0.15, -0.1) is 36.2 Å². The van der Waals surface area contributed by atoms with E-state index >= 15 is 0 Å². The van der Waals surface area contributed by atoms with Crippen LogP contribution in [0.3, 0.4) is 0 Å². The number of piperidine rings is 1. The molecule has 0 spiro atoms. The van der Waals surface area contributed by atoms with E-state index in [0.29, 0.717) is 22.3 Å². The molecule has 1 amide bonds. The van der Waals surface area contributed by atoms with E-state index in [0.717, 1.165) is 36.4 Å². The highest BCUT2D eigenvalue weighted by atomic mass is 35.5.